The number of non-ortho nitro benzene ring substituents is 1. The summed E-state index contributed by atoms with van der Waals surface area (Å²) in [5.74, 6) is -0.425. The molecule has 11 heteroatoms. The zero-order valence-electron chi connectivity index (χ0n) is 11.3. The number of hydrazine groups is 1. The fourth-order valence-corrected chi connectivity index (χ4v) is 1.50. The highest BCUT2D eigenvalue weighted by molar-refractivity contribution is 5.77. The van der Waals surface area contributed by atoms with Gasteiger partial charge in [-0.3, -0.25) is 25.8 Å². The lowest BCUT2D eigenvalue weighted by Gasteiger charge is -2.11. The molecule has 1 aromatic heterocycles. The van der Waals surface area contributed by atoms with Crippen LogP contribution in [0.3, 0.4) is 0 Å². The third-order valence-electron chi connectivity index (χ3n) is 2.63. The second-order valence-corrected chi connectivity index (χ2v) is 4.15. The summed E-state index contributed by atoms with van der Waals surface area (Å²) in [4.78, 5) is 21.7. The minimum absolute atomic E-state index is 0.0179. The van der Waals surface area contributed by atoms with Crippen LogP contribution in [0.4, 0.5) is 11.6 Å². The molecule has 0 unspecified atom stereocenters. The van der Waals surface area contributed by atoms with E-state index >= 15 is 0 Å². The number of aromatic nitrogens is 4. The number of benzene rings is 1. The molecule has 114 valence electrons. The molecule has 4 N–H and O–H groups in total. The van der Waals surface area contributed by atoms with Crippen LogP contribution in [0.15, 0.2) is 30.8 Å². The highest BCUT2D eigenvalue weighted by Gasteiger charge is 2.09. The lowest BCUT2D eigenvalue weighted by atomic mass is 10.1. The first-order valence-electron chi connectivity index (χ1n) is 5.97. The predicted molar refractivity (Wildman–Crippen MR) is 75.6 cm³/mol. The maximum Gasteiger partial charge on any atom is 0.269 e. The van der Waals surface area contributed by atoms with Crippen LogP contribution in [0.2, 0.25) is 0 Å². The van der Waals surface area contributed by atoms with Gasteiger partial charge in [0, 0.05) is 12.1 Å². The van der Waals surface area contributed by atoms with Crippen LogP contribution in [-0.4, -0.2) is 31.0 Å². The molecule has 0 saturated heterocycles. The SMILES string of the molecule is C=C(NNC(=O)Cn1nnnc1N)c1ccc([N+](=O)[O-])cc1. The summed E-state index contributed by atoms with van der Waals surface area (Å²) < 4.78 is 1.12. The van der Waals surface area contributed by atoms with Gasteiger partial charge in [-0.05, 0) is 28.1 Å². The molecule has 0 spiro atoms. The van der Waals surface area contributed by atoms with Crippen molar-refractivity contribution in [3.63, 3.8) is 0 Å². The Morgan fingerprint density at radius 1 is 1.36 bits per heavy atom. The minimum Gasteiger partial charge on any atom is -0.367 e. The first-order valence-corrected chi connectivity index (χ1v) is 5.97. The fourth-order valence-electron chi connectivity index (χ4n) is 1.50. The Bertz CT molecular complexity index is 708. The number of nitro groups is 1. The van der Waals surface area contributed by atoms with Crippen molar-refractivity contribution in [3.8, 4) is 0 Å². The molecule has 22 heavy (non-hydrogen) atoms. The Kier molecular flexibility index (Phi) is 4.27. The quantitative estimate of drug-likeness (QED) is 0.474. The number of nitrogens with one attached hydrogen (secondary N) is 2. The maximum absolute atomic E-state index is 11.7. The lowest BCUT2D eigenvalue weighted by molar-refractivity contribution is -0.384. The van der Waals surface area contributed by atoms with E-state index in [2.05, 4.69) is 33.0 Å². The Labute approximate surface area is 123 Å². The maximum atomic E-state index is 11.7. The van der Waals surface area contributed by atoms with Gasteiger partial charge in [0.1, 0.15) is 6.54 Å². The van der Waals surface area contributed by atoms with Crippen LogP contribution in [0.1, 0.15) is 5.56 Å². The zero-order valence-corrected chi connectivity index (χ0v) is 11.3. The molecule has 0 fully saturated rings. The van der Waals surface area contributed by atoms with E-state index in [-0.39, 0.29) is 18.2 Å². The van der Waals surface area contributed by atoms with Crippen molar-refractivity contribution in [2.75, 3.05) is 5.73 Å². The number of carbonyl (C=O) groups is 1. The molecular formula is C11H12N8O3. The summed E-state index contributed by atoms with van der Waals surface area (Å²) in [7, 11) is 0. The van der Waals surface area contributed by atoms with Gasteiger partial charge >= 0.3 is 0 Å². The monoisotopic (exact) mass is 304 g/mol. The number of nitrogens with two attached hydrogens (primary N) is 1. The average Bonchev–Trinajstić information content (AvgIpc) is 2.90. The Morgan fingerprint density at radius 2 is 2.05 bits per heavy atom. The number of nitrogen functional groups attached to an aromatic ring is 1. The number of nitro benzene ring substituents is 1. The first kappa shape index (κ1) is 14.9. The molecular weight excluding hydrogens is 292 g/mol. The van der Waals surface area contributed by atoms with Crippen molar-refractivity contribution in [2.24, 2.45) is 0 Å². The third kappa shape index (κ3) is 3.53. The van der Waals surface area contributed by atoms with E-state index in [9.17, 15) is 14.9 Å². The van der Waals surface area contributed by atoms with Crippen LogP contribution in [-0.2, 0) is 11.3 Å². The Hall–Kier alpha value is -3.50. The van der Waals surface area contributed by atoms with Gasteiger partial charge in [0.05, 0.1) is 10.6 Å². The summed E-state index contributed by atoms with van der Waals surface area (Å²) in [5, 5.41) is 20.8. The average molecular weight is 304 g/mol. The normalized spacial score (nSPS) is 10.0. The first-order chi connectivity index (χ1) is 10.5. The van der Waals surface area contributed by atoms with Crippen LogP contribution in [0, 0.1) is 10.1 Å². The topological polar surface area (TPSA) is 154 Å². The summed E-state index contributed by atoms with van der Waals surface area (Å²) >= 11 is 0. The number of hydrogen-bond donors (Lipinski definition) is 3. The number of hydrogen-bond acceptors (Lipinski definition) is 8. The van der Waals surface area contributed by atoms with Crippen molar-refractivity contribution in [1.82, 2.24) is 31.1 Å². The summed E-state index contributed by atoms with van der Waals surface area (Å²) in [6.07, 6.45) is 0. The second-order valence-electron chi connectivity index (χ2n) is 4.15. The van der Waals surface area contributed by atoms with E-state index in [1.165, 1.54) is 24.3 Å². The second kappa shape index (κ2) is 6.30. The van der Waals surface area contributed by atoms with Gasteiger partial charge in [-0.1, -0.05) is 11.7 Å². The van der Waals surface area contributed by atoms with E-state index in [0.29, 0.717) is 11.3 Å². The van der Waals surface area contributed by atoms with E-state index in [1.807, 2.05) is 0 Å². The van der Waals surface area contributed by atoms with Crippen molar-refractivity contribution >= 4 is 23.2 Å². The van der Waals surface area contributed by atoms with Gasteiger partial charge in [-0.25, -0.2) is 4.68 Å². The summed E-state index contributed by atoms with van der Waals surface area (Å²) in [6, 6.07) is 5.70. The van der Waals surface area contributed by atoms with Crippen molar-refractivity contribution in [1.29, 1.82) is 0 Å². The number of anilines is 1. The van der Waals surface area contributed by atoms with Gasteiger partial charge in [0.15, 0.2) is 0 Å². The van der Waals surface area contributed by atoms with E-state index in [1.54, 1.807) is 0 Å². The van der Waals surface area contributed by atoms with Crippen LogP contribution >= 0.6 is 0 Å². The fraction of sp³-hybridized carbons (Fsp3) is 0.0909. The molecule has 0 bridgehead atoms. The Morgan fingerprint density at radius 3 is 2.59 bits per heavy atom. The molecule has 2 aromatic rings. The van der Waals surface area contributed by atoms with Gasteiger partial charge in [-0.2, -0.15) is 0 Å². The van der Waals surface area contributed by atoms with Crippen molar-refractivity contribution in [2.45, 2.75) is 6.54 Å². The molecule has 0 saturated carbocycles. The number of nitrogens with zero attached hydrogens (tertiary/aromatic N) is 5. The van der Waals surface area contributed by atoms with E-state index < -0.39 is 10.8 Å². The molecule has 0 aliphatic heterocycles. The molecule has 1 heterocycles. The Balaban J connectivity index is 1.88. The van der Waals surface area contributed by atoms with E-state index in [0.717, 1.165) is 4.68 Å². The molecule has 2 rings (SSSR count). The molecule has 0 aliphatic carbocycles. The van der Waals surface area contributed by atoms with Crippen LogP contribution < -0.4 is 16.6 Å². The van der Waals surface area contributed by atoms with Crippen molar-refractivity contribution < 1.29 is 9.72 Å². The highest BCUT2D eigenvalue weighted by atomic mass is 16.6. The molecule has 0 atom stereocenters. The smallest absolute Gasteiger partial charge is 0.269 e. The predicted octanol–water partition coefficient (Wildman–Crippen LogP) is -0.545. The van der Waals surface area contributed by atoms with Crippen molar-refractivity contribution in [3.05, 3.63) is 46.5 Å². The third-order valence-corrected chi connectivity index (χ3v) is 2.63. The molecule has 1 aromatic carbocycles. The molecule has 0 aliphatic rings. The van der Waals surface area contributed by atoms with Crippen LogP contribution in [0.5, 0.6) is 0 Å². The summed E-state index contributed by atoms with van der Waals surface area (Å²) in [6.45, 7) is 3.55. The zero-order chi connectivity index (χ0) is 16.1. The standard InChI is InChI=1S/C11H12N8O3/c1-7(8-2-4-9(5-3-8)19(21)22)13-14-10(20)6-18-11(12)15-16-17-18/h2-5,13H,1,6H2,(H,14,20)(H2,12,15,17). The van der Waals surface area contributed by atoms with Gasteiger partial charge in [-0.15, -0.1) is 0 Å². The van der Waals surface area contributed by atoms with Gasteiger partial charge in [0.2, 0.25) is 5.95 Å². The van der Waals surface area contributed by atoms with Gasteiger partial charge in [0.25, 0.3) is 11.6 Å². The number of tetrazole rings is 1. The van der Waals surface area contributed by atoms with Gasteiger partial charge < -0.3 is 5.73 Å². The number of rotatable bonds is 6. The molecule has 1 amide bonds. The molecule has 0 radical (unpaired) electrons. The molecule has 11 nitrogen and oxygen atoms in total. The highest BCUT2D eigenvalue weighted by Crippen LogP contribution is 2.15. The largest absolute Gasteiger partial charge is 0.367 e. The van der Waals surface area contributed by atoms with E-state index in [4.69, 9.17) is 5.73 Å². The summed E-state index contributed by atoms with van der Waals surface area (Å²) in [5.41, 5.74) is 11.3. The number of amides is 1. The minimum atomic E-state index is -0.502. The van der Waals surface area contributed by atoms with Crippen LogP contribution in [0.25, 0.3) is 5.70 Å². The number of carbonyl (C=O) groups excluding carboxylic acids is 1. The lowest BCUT2D eigenvalue weighted by Crippen LogP contribution is -2.38.